The molecule has 0 spiro atoms. The van der Waals surface area contributed by atoms with Gasteiger partial charge >= 0.3 is 0 Å². The molecule has 0 saturated carbocycles. The lowest BCUT2D eigenvalue weighted by Crippen LogP contribution is -1.96. The van der Waals surface area contributed by atoms with Gasteiger partial charge in [0.15, 0.2) is 0 Å². The third-order valence-electron chi connectivity index (χ3n) is 1.70. The predicted molar refractivity (Wildman–Crippen MR) is 64.5 cm³/mol. The number of hydrogen-bond donors (Lipinski definition) is 1. The Morgan fingerprint density at radius 3 is 2.87 bits per heavy atom. The molecule has 2 aromatic rings. The van der Waals surface area contributed by atoms with Crippen LogP contribution in [0.3, 0.4) is 0 Å². The fourth-order valence-electron chi connectivity index (χ4n) is 1.09. The molecular formula is C10H7BrClN3. The van der Waals surface area contributed by atoms with E-state index in [1.54, 1.807) is 12.3 Å². The Morgan fingerprint density at radius 2 is 2.13 bits per heavy atom. The third-order valence-corrected chi connectivity index (χ3v) is 2.38. The lowest BCUT2D eigenvalue weighted by molar-refractivity contribution is 1.14. The molecule has 0 radical (unpaired) electrons. The topological polar surface area (TPSA) is 37.8 Å². The van der Waals surface area contributed by atoms with Crippen molar-refractivity contribution in [3.8, 4) is 0 Å². The van der Waals surface area contributed by atoms with Crippen molar-refractivity contribution in [2.75, 3.05) is 5.32 Å². The molecular weight excluding hydrogens is 277 g/mol. The van der Waals surface area contributed by atoms with Gasteiger partial charge in [-0.05, 0) is 40.2 Å². The number of benzene rings is 1. The standard InChI is InChI=1S/C10H7BrClN3/c11-9-4-5-13-10(15-9)14-8-3-1-2-7(12)6-8/h1-6H,(H,13,14,15). The summed E-state index contributed by atoms with van der Waals surface area (Å²) >= 11 is 9.13. The van der Waals surface area contributed by atoms with E-state index in [1.165, 1.54) is 0 Å². The molecule has 0 bridgehead atoms. The van der Waals surface area contributed by atoms with Crippen LogP contribution in [0, 0.1) is 0 Å². The summed E-state index contributed by atoms with van der Waals surface area (Å²) in [5.41, 5.74) is 0.862. The number of nitrogens with zero attached hydrogens (tertiary/aromatic N) is 2. The van der Waals surface area contributed by atoms with Crippen LogP contribution in [0.4, 0.5) is 11.6 Å². The highest BCUT2D eigenvalue weighted by Gasteiger charge is 1.98. The van der Waals surface area contributed by atoms with Crippen molar-refractivity contribution in [2.24, 2.45) is 0 Å². The van der Waals surface area contributed by atoms with Crippen molar-refractivity contribution < 1.29 is 0 Å². The van der Waals surface area contributed by atoms with Gasteiger partial charge in [0.2, 0.25) is 5.95 Å². The highest BCUT2D eigenvalue weighted by Crippen LogP contribution is 2.18. The molecule has 0 aliphatic heterocycles. The van der Waals surface area contributed by atoms with Crippen LogP contribution in [0.25, 0.3) is 0 Å². The van der Waals surface area contributed by atoms with Gasteiger partial charge < -0.3 is 5.32 Å². The molecule has 0 unspecified atom stereocenters. The van der Waals surface area contributed by atoms with Crippen molar-refractivity contribution in [1.29, 1.82) is 0 Å². The molecule has 1 aromatic heterocycles. The van der Waals surface area contributed by atoms with Gasteiger partial charge in [-0.25, -0.2) is 9.97 Å². The molecule has 15 heavy (non-hydrogen) atoms. The largest absolute Gasteiger partial charge is 0.324 e. The first-order valence-electron chi connectivity index (χ1n) is 4.25. The van der Waals surface area contributed by atoms with Crippen molar-refractivity contribution in [3.05, 3.63) is 46.2 Å². The normalized spacial score (nSPS) is 10.0. The maximum atomic E-state index is 5.85. The summed E-state index contributed by atoms with van der Waals surface area (Å²) in [4.78, 5) is 8.22. The van der Waals surface area contributed by atoms with Crippen LogP contribution in [0.2, 0.25) is 5.02 Å². The Labute approximate surface area is 101 Å². The van der Waals surface area contributed by atoms with E-state index in [4.69, 9.17) is 11.6 Å². The van der Waals surface area contributed by atoms with E-state index in [0.29, 0.717) is 11.0 Å². The summed E-state index contributed by atoms with van der Waals surface area (Å²) in [5, 5.41) is 3.72. The molecule has 0 amide bonds. The van der Waals surface area contributed by atoms with Crippen molar-refractivity contribution in [2.45, 2.75) is 0 Å². The average Bonchev–Trinajstić information content (AvgIpc) is 2.17. The van der Waals surface area contributed by atoms with E-state index in [2.05, 4.69) is 31.2 Å². The fourth-order valence-corrected chi connectivity index (χ4v) is 1.57. The van der Waals surface area contributed by atoms with Gasteiger partial charge in [-0.15, -0.1) is 0 Å². The smallest absolute Gasteiger partial charge is 0.228 e. The number of halogens is 2. The zero-order valence-corrected chi connectivity index (χ0v) is 9.96. The molecule has 0 aliphatic rings. The first kappa shape index (κ1) is 10.4. The summed E-state index contributed by atoms with van der Waals surface area (Å²) < 4.78 is 0.738. The van der Waals surface area contributed by atoms with Crippen LogP contribution in [0.5, 0.6) is 0 Å². The molecule has 2 rings (SSSR count). The minimum absolute atomic E-state index is 0.534. The van der Waals surface area contributed by atoms with Gasteiger partial charge in [-0.1, -0.05) is 17.7 Å². The molecule has 76 valence electrons. The number of anilines is 2. The molecule has 1 heterocycles. The summed E-state index contributed by atoms with van der Waals surface area (Å²) in [7, 11) is 0. The fraction of sp³-hybridized carbons (Fsp3) is 0. The summed E-state index contributed by atoms with van der Waals surface area (Å²) in [5.74, 6) is 0.534. The minimum Gasteiger partial charge on any atom is -0.324 e. The zero-order valence-electron chi connectivity index (χ0n) is 7.61. The van der Waals surface area contributed by atoms with Crippen LogP contribution in [-0.2, 0) is 0 Å². The molecule has 0 atom stereocenters. The van der Waals surface area contributed by atoms with Crippen molar-refractivity contribution in [3.63, 3.8) is 0 Å². The molecule has 0 saturated heterocycles. The molecule has 1 aromatic carbocycles. The van der Waals surface area contributed by atoms with E-state index in [0.717, 1.165) is 10.3 Å². The van der Waals surface area contributed by atoms with E-state index < -0.39 is 0 Å². The van der Waals surface area contributed by atoms with Gasteiger partial charge in [0.1, 0.15) is 4.60 Å². The molecule has 0 fully saturated rings. The highest BCUT2D eigenvalue weighted by atomic mass is 79.9. The second-order valence-electron chi connectivity index (χ2n) is 2.84. The number of nitrogens with one attached hydrogen (secondary N) is 1. The van der Waals surface area contributed by atoms with E-state index in [1.807, 2.05) is 24.3 Å². The molecule has 0 aliphatic carbocycles. The van der Waals surface area contributed by atoms with Crippen LogP contribution in [0.15, 0.2) is 41.1 Å². The minimum atomic E-state index is 0.534. The lowest BCUT2D eigenvalue weighted by atomic mass is 10.3. The van der Waals surface area contributed by atoms with Gasteiger partial charge in [0, 0.05) is 16.9 Å². The predicted octanol–water partition coefficient (Wildman–Crippen LogP) is 3.64. The second kappa shape index (κ2) is 4.59. The highest BCUT2D eigenvalue weighted by molar-refractivity contribution is 9.10. The van der Waals surface area contributed by atoms with Crippen LogP contribution >= 0.6 is 27.5 Å². The average molecular weight is 285 g/mol. The van der Waals surface area contributed by atoms with E-state index >= 15 is 0 Å². The Kier molecular flexibility index (Phi) is 3.18. The first-order valence-corrected chi connectivity index (χ1v) is 5.42. The summed E-state index contributed by atoms with van der Waals surface area (Å²) in [6.07, 6.45) is 1.67. The monoisotopic (exact) mass is 283 g/mol. The van der Waals surface area contributed by atoms with Crippen LogP contribution in [-0.4, -0.2) is 9.97 Å². The maximum absolute atomic E-state index is 5.85. The summed E-state index contributed by atoms with van der Waals surface area (Å²) in [6.45, 7) is 0. The Balaban J connectivity index is 2.22. The second-order valence-corrected chi connectivity index (χ2v) is 4.09. The SMILES string of the molecule is Clc1cccc(Nc2nccc(Br)n2)c1. The Bertz CT molecular complexity index is 432. The quantitative estimate of drug-likeness (QED) is 0.856. The lowest BCUT2D eigenvalue weighted by Gasteiger charge is -2.04. The first-order chi connectivity index (χ1) is 7.24. The van der Waals surface area contributed by atoms with E-state index in [9.17, 15) is 0 Å². The number of rotatable bonds is 2. The number of aromatic nitrogens is 2. The van der Waals surface area contributed by atoms with Gasteiger partial charge in [0.05, 0.1) is 0 Å². The Hall–Kier alpha value is -1.13. The molecule has 5 heteroatoms. The van der Waals surface area contributed by atoms with Gasteiger partial charge in [-0.2, -0.15) is 0 Å². The van der Waals surface area contributed by atoms with Gasteiger partial charge in [-0.3, -0.25) is 0 Å². The zero-order chi connectivity index (χ0) is 10.7. The van der Waals surface area contributed by atoms with Crippen LogP contribution < -0.4 is 5.32 Å². The van der Waals surface area contributed by atoms with E-state index in [-0.39, 0.29) is 0 Å². The third kappa shape index (κ3) is 2.91. The molecule has 1 N–H and O–H groups in total. The molecule has 3 nitrogen and oxygen atoms in total. The summed E-state index contributed by atoms with van der Waals surface area (Å²) in [6, 6.07) is 9.16. The maximum Gasteiger partial charge on any atom is 0.228 e. The van der Waals surface area contributed by atoms with Crippen LogP contribution in [0.1, 0.15) is 0 Å². The van der Waals surface area contributed by atoms with Crippen molar-refractivity contribution >= 4 is 39.2 Å². The Morgan fingerprint density at radius 1 is 1.27 bits per heavy atom. The van der Waals surface area contributed by atoms with Crippen molar-refractivity contribution in [1.82, 2.24) is 9.97 Å². The van der Waals surface area contributed by atoms with Gasteiger partial charge in [0.25, 0.3) is 0 Å². The number of hydrogen-bond acceptors (Lipinski definition) is 3.